The Morgan fingerprint density at radius 3 is 2.62 bits per heavy atom. The summed E-state index contributed by atoms with van der Waals surface area (Å²) in [6.07, 6.45) is 2.23. The first-order chi connectivity index (χ1) is 15.4. The molecule has 32 heavy (non-hydrogen) atoms. The number of piperidine rings is 1. The molecule has 1 saturated heterocycles. The highest BCUT2D eigenvalue weighted by molar-refractivity contribution is 5.96. The fourth-order valence-electron chi connectivity index (χ4n) is 5.32. The van der Waals surface area contributed by atoms with Crippen molar-refractivity contribution in [3.05, 3.63) is 53.3 Å². The van der Waals surface area contributed by atoms with E-state index in [0.29, 0.717) is 18.1 Å². The molecular formula is C25H30FN3O3. The van der Waals surface area contributed by atoms with Gasteiger partial charge in [-0.1, -0.05) is 12.1 Å². The van der Waals surface area contributed by atoms with Crippen LogP contribution in [0.25, 0.3) is 0 Å². The van der Waals surface area contributed by atoms with Crippen molar-refractivity contribution in [2.24, 2.45) is 0 Å². The van der Waals surface area contributed by atoms with Crippen molar-refractivity contribution in [1.29, 1.82) is 0 Å². The third-order valence-corrected chi connectivity index (χ3v) is 6.96. The van der Waals surface area contributed by atoms with Gasteiger partial charge in [0.1, 0.15) is 30.0 Å². The Bertz CT molecular complexity index is 1020. The van der Waals surface area contributed by atoms with E-state index in [1.165, 1.54) is 12.7 Å². The first-order valence-electron chi connectivity index (χ1n) is 11.3. The number of benzene rings is 2. The van der Waals surface area contributed by atoms with Gasteiger partial charge in [0.15, 0.2) is 0 Å². The molecule has 3 aliphatic rings. The molecule has 0 aliphatic carbocycles. The molecule has 0 bridgehead atoms. The minimum atomic E-state index is -0.364. The molecule has 6 nitrogen and oxygen atoms in total. The summed E-state index contributed by atoms with van der Waals surface area (Å²) in [5.41, 5.74) is 3.50. The van der Waals surface area contributed by atoms with Crippen molar-refractivity contribution in [1.82, 2.24) is 4.90 Å². The number of esters is 1. The predicted octanol–water partition coefficient (Wildman–Crippen LogP) is 4.22. The average Bonchev–Trinajstić information content (AvgIpc) is 3.16. The minimum absolute atomic E-state index is 0.0953. The van der Waals surface area contributed by atoms with E-state index < -0.39 is 0 Å². The van der Waals surface area contributed by atoms with Gasteiger partial charge in [-0.25, -0.2) is 9.18 Å². The number of nitrogens with zero attached hydrogens (tertiary/aromatic N) is 2. The van der Waals surface area contributed by atoms with E-state index in [4.69, 9.17) is 9.47 Å². The standard InChI is InChI=1S/C25H30FN3O3/c1-25(2)15-32-21-13-18(24(30)31-3)12-20-23(21)29(25)22(27-20)14-28-10-8-17(9-11-28)16-4-6-19(26)7-5-16/h4-7,12-13,17,22,27H,8-11,14-15H2,1-3H3. The Morgan fingerprint density at radius 1 is 1.22 bits per heavy atom. The number of anilines is 2. The van der Waals surface area contributed by atoms with Crippen LogP contribution in [0.5, 0.6) is 5.75 Å². The van der Waals surface area contributed by atoms with E-state index in [2.05, 4.69) is 29.0 Å². The molecule has 3 aliphatic heterocycles. The monoisotopic (exact) mass is 439 g/mol. The summed E-state index contributed by atoms with van der Waals surface area (Å²) in [6.45, 7) is 7.81. The smallest absolute Gasteiger partial charge is 0.338 e. The fourth-order valence-corrected chi connectivity index (χ4v) is 5.32. The molecule has 0 radical (unpaired) electrons. The predicted molar refractivity (Wildman–Crippen MR) is 122 cm³/mol. The Morgan fingerprint density at radius 2 is 1.94 bits per heavy atom. The number of carbonyl (C=O) groups is 1. The number of carbonyl (C=O) groups excluding carboxylic acids is 1. The highest BCUT2D eigenvalue weighted by Gasteiger charge is 2.45. The number of likely N-dealkylation sites (tertiary alicyclic amines) is 1. The number of rotatable bonds is 4. The number of nitrogens with one attached hydrogen (secondary N) is 1. The van der Waals surface area contributed by atoms with Gasteiger partial charge >= 0.3 is 5.97 Å². The van der Waals surface area contributed by atoms with E-state index in [1.54, 1.807) is 18.2 Å². The van der Waals surface area contributed by atoms with Crippen LogP contribution in [0.15, 0.2) is 36.4 Å². The van der Waals surface area contributed by atoms with Crippen LogP contribution in [0.4, 0.5) is 15.8 Å². The first-order valence-corrected chi connectivity index (χ1v) is 11.3. The number of halogens is 1. The molecule has 1 fully saturated rings. The van der Waals surface area contributed by atoms with Gasteiger partial charge in [-0.05, 0) is 75.5 Å². The first kappa shape index (κ1) is 21.1. The lowest BCUT2D eigenvalue weighted by atomic mass is 9.89. The number of methoxy groups -OCH3 is 1. The lowest BCUT2D eigenvalue weighted by Crippen LogP contribution is -2.58. The van der Waals surface area contributed by atoms with Crippen molar-refractivity contribution >= 4 is 17.3 Å². The van der Waals surface area contributed by atoms with Crippen molar-refractivity contribution in [3.8, 4) is 5.75 Å². The molecule has 0 spiro atoms. The minimum Gasteiger partial charge on any atom is -0.489 e. The summed E-state index contributed by atoms with van der Waals surface area (Å²) in [5, 5.41) is 3.64. The SMILES string of the molecule is COC(=O)c1cc2c3c(c1)OCC(C)(C)N3C(CN1CCC(c3ccc(F)cc3)CC1)N2. The third-order valence-electron chi connectivity index (χ3n) is 6.96. The highest BCUT2D eigenvalue weighted by atomic mass is 19.1. The van der Waals surface area contributed by atoms with Crippen LogP contribution in [0.1, 0.15) is 48.5 Å². The van der Waals surface area contributed by atoms with Crippen LogP contribution in [-0.4, -0.2) is 55.9 Å². The molecule has 0 saturated carbocycles. The van der Waals surface area contributed by atoms with Gasteiger partial charge < -0.3 is 19.7 Å². The lowest BCUT2D eigenvalue weighted by molar-refractivity contribution is 0.0600. The summed E-state index contributed by atoms with van der Waals surface area (Å²) in [7, 11) is 1.39. The maximum atomic E-state index is 13.3. The summed E-state index contributed by atoms with van der Waals surface area (Å²) in [6, 6.07) is 10.6. The van der Waals surface area contributed by atoms with E-state index in [-0.39, 0.29) is 23.5 Å². The number of hydrogen-bond donors (Lipinski definition) is 1. The lowest BCUT2D eigenvalue weighted by Gasteiger charge is -2.46. The van der Waals surface area contributed by atoms with Crippen LogP contribution < -0.4 is 15.0 Å². The molecule has 7 heteroatoms. The molecule has 0 amide bonds. The number of ether oxygens (including phenoxy) is 2. The van der Waals surface area contributed by atoms with Crippen LogP contribution in [0, 0.1) is 5.82 Å². The van der Waals surface area contributed by atoms with Crippen LogP contribution in [-0.2, 0) is 4.74 Å². The normalized spacial score (nSPS) is 22.1. The van der Waals surface area contributed by atoms with Crippen molar-refractivity contribution in [2.75, 3.05) is 43.6 Å². The number of hydrogen-bond acceptors (Lipinski definition) is 6. The van der Waals surface area contributed by atoms with E-state index >= 15 is 0 Å². The zero-order valence-corrected chi connectivity index (χ0v) is 18.9. The van der Waals surface area contributed by atoms with Crippen molar-refractivity contribution < 1.29 is 18.7 Å². The van der Waals surface area contributed by atoms with Gasteiger partial charge in [-0.2, -0.15) is 0 Å². The molecule has 0 aromatic heterocycles. The van der Waals surface area contributed by atoms with E-state index in [9.17, 15) is 9.18 Å². The molecule has 5 rings (SSSR count). The Balaban J connectivity index is 1.32. The maximum Gasteiger partial charge on any atom is 0.338 e. The van der Waals surface area contributed by atoms with Crippen LogP contribution >= 0.6 is 0 Å². The van der Waals surface area contributed by atoms with Gasteiger partial charge in [-0.15, -0.1) is 0 Å². The molecule has 170 valence electrons. The topological polar surface area (TPSA) is 54.0 Å². The van der Waals surface area contributed by atoms with Crippen LogP contribution in [0.3, 0.4) is 0 Å². The second-order valence-electron chi connectivity index (χ2n) is 9.62. The second kappa shape index (κ2) is 7.96. The molecule has 1 N–H and O–H groups in total. The zero-order valence-electron chi connectivity index (χ0n) is 18.9. The summed E-state index contributed by atoms with van der Waals surface area (Å²) < 4.78 is 24.2. The van der Waals surface area contributed by atoms with Crippen molar-refractivity contribution in [3.63, 3.8) is 0 Å². The Hall–Kier alpha value is -2.80. The van der Waals surface area contributed by atoms with Crippen LogP contribution in [0.2, 0.25) is 0 Å². The van der Waals surface area contributed by atoms with Gasteiger partial charge in [0, 0.05) is 6.54 Å². The summed E-state index contributed by atoms with van der Waals surface area (Å²) in [5.74, 6) is 0.667. The maximum absolute atomic E-state index is 13.3. The molecule has 3 heterocycles. The molecule has 1 atom stereocenters. The van der Waals surface area contributed by atoms with E-state index in [1.807, 2.05) is 18.2 Å². The molecule has 2 aromatic carbocycles. The largest absolute Gasteiger partial charge is 0.489 e. The van der Waals surface area contributed by atoms with E-state index in [0.717, 1.165) is 49.6 Å². The quantitative estimate of drug-likeness (QED) is 0.720. The summed E-state index contributed by atoms with van der Waals surface area (Å²) >= 11 is 0. The Kier molecular flexibility index (Phi) is 5.24. The van der Waals surface area contributed by atoms with Gasteiger partial charge in [-0.3, -0.25) is 4.90 Å². The molecule has 2 aromatic rings. The average molecular weight is 440 g/mol. The zero-order chi connectivity index (χ0) is 22.5. The third kappa shape index (κ3) is 3.68. The molecular weight excluding hydrogens is 409 g/mol. The van der Waals surface area contributed by atoms with Gasteiger partial charge in [0.25, 0.3) is 0 Å². The highest BCUT2D eigenvalue weighted by Crippen LogP contribution is 2.49. The Labute approximate surface area is 188 Å². The van der Waals surface area contributed by atoms with Gasteiger partial charge in [0.2, 0.25) is 0 Å². The van der Waals surface area contributed by atoms with Gasteiger partial charge in [0.05, 0.1) is 23.9 Å². The summed E-state index contributed by atoms with van der Waals surface area (Å²) in [4.78, 5) is 17.0. The molecule has 1 unspecified atom stereocenters. The van der Waals surface area contributed by atoms with Crippen molar-refractivity contribution in [2.45, 2.75) is 44.3 Å². The fraction of sp³-hybridized carbons (Fsp3) is 0.480. The second-order valence-corrected chi connectivity index (χ2v) is 9.62.